The number of hydrogen-bond acceptors (Lipinski definition) is 3. The zero-order valence-corrected chi connectivity index (χ0v) is 11.3. The zero-order valence-electron chi connectivity index (χ0n) is 11.3. The molecule has 0 heterocycles. The molecule has 0 amide bonds. The van der Waals surface area contributed by atoms with E-state index in [-0.39, 0.29) is 11.8 Å². The molecular formula is C16H15FN2O. The molecule has 0 aliphatic heterocycles. The molecule has 0 bridgehead atoms. The fourth-order valence-electron chi connectivity index (χ4n) is 2.03. The summed E-state index contributed by atoms with van der Waals surface area (Å²) in [6.45, 7) is 3.75. The van der Waals surface area contributed by atoms with E-state index in [9.17, 15) is 9.50 Å². The van der Waals surface area contributed by atoms with Crippen LogP contribution >= 0.6 is 0 Å². The third kappa shape index (κ3) is 2.89. The Morgan fingerprint density at radius 1 is 1.25 bits per heavy atom. The van der Waals surface area contributed by atoms with Crippen molar-refractivity contribution in [1.29, 1.82) is 5.26 Å². The van der Waals surface area contributed by atoms with E-state index >= 15 is 0 Å². The van der Waals surface area contributed by atoms with Crippen molar-refractivity contribution in [2.24, 2.45) is 0 Å². The van der Waals surface area contributed by atoms with Gasteiger partial charge in [-0.25, -0.2) is 4.39 Å². The minimum Gasteiger partial charge on any atom is -0.508 e. The number of benzene rings is 2. The number of aryl methyl sites for hydroxylation is 1. The molecule has 2 aromatic carbocycles. The van der Waals surface area contributed by atoms with Gasteiger partial charge in [-0.2, -0.15) is 5.26 Å². The minimum absolute atomic E-state index is 0.0962. The van der Waals surface area contributed by atoms with E-state index in [0.717, 1.165) is 17.3 Å². The Labute approximate surface area is 117 Å². The van der Waals surface area contributed by atoms with Crippen molar-refractivity contribution in [3.05, 3.63) is 58.9 Å². The second kappa shape index (κ2) is 5.62. The molecule has 1 unspecified atom stereocenters. The van der Waals surface area contributed by atoms with Gasteiger partial charge in [0.25, 0.3) is 0 Å². The van der Waals surface area contributed by atoms with Gasteiger partial charge in [-0.1, -0.05) is 12.1 Å². The highest BCUT2D eigenvalue weighted by atomic mass is 19.1. The van der Waals surface area contributed by atoms with E-state index in [1.807, 2.05) is 19.9 Å². The Morgan fingerprint density at radius 2 is 2.00 bits per heavy atom. The van der Waals surface area contributed by atoms with Crippen LogP contribution in [0.2, 0.25) is 0 Å². The van der Waals surface area contributed by atoms with E-state index in [2.05, 4.69) is 11.4 Å². The van der Waals surface area contributed by atoms with Crippen LogP contribution in [0.15, 0.2) is 36.4 Å². The van der Waals surface area contributed by atoms with Crippen LogP contribution in [-0.2, 0) is 0 Å². The largest absolute Gasteiger partial charge is 0.508 e. The van der Waals surface area contributed by atoms with Gasteiger partial charge in [0.1, 0.15) is 11.6 Å². The summed E-state index contributed by atoms with van der Waals surface area (Å²) in [7, 11) is 0. The van der Waals surface area contributed by atoms with Crippen LogP contribution in [0.1, 0.15) is 29.7 Å². The summed E-state index contributed by atoms with van der Waals surface area (Å²) in [6.07, 6.45) is 0. The van der Waals surface area contributed by atoms with Gasteiger partial charge >= 0.3 is 0 Å². The lowest BCUT2D eigenvalue weighted by molar-refractivity contribution is 0.467. The molecule has 0 radical (unpaired) electrons. The van der Waals surface area contributed by atoms with Crippen molar-refractivity contribution in [3.8, 4) is 11.8 Å². The average molecular weight is 270 g/mol. The molecule has 0 saturated heterocycles. The maximum atomic E-state index is 13.8. The molecule has 2 aromatic rings. The van der Waals surface area contributed by atoms with Crippen LogP contribution in [0.3, 0.4) is 0 Å². The number of phenols is 1. The lowest BCUT2D eigenvalue weighted by Crippen LogP contribution is -2.09. The number of phenolic OH excluding ortho intramolecular Hbond substituents is 1. The first-order valence-corrected chi connectivity index (χ1v) is 6.27. The van der Waals surface area contributed by atoms with Crippen molar-refractivity contribution < 1.29 is 9.50 Å². The average Bonchev–Trinajstić information content (AvgIpc) is 2.41. The van der Waals surface area contributed by atoms with Crippen molar-refractivity contribution in [2.75, 3.05) is 5.32 Å². The first kappa shape index (κ1) is 13.9. The Bertz CT molecular complexity index is 677. The maximum Gasteiger partial charge on any atom is 0.132 e. The Balaban J connectivity index is 2.27. The third-order valence-electron chi connectivity index (χ3n) is 3.19. The lowest BCUT2D eigenvalue weighted by atomic mass is 10.1. The lowest BCUT2D eigenvalue weighted by Gasteiger charge is -2.18. The highest BCUT2D eigenvalue weighted by Gasteiger charge is 2.12. The second-order valence-electron chi connectivity index (χ2n) is 4.71. The van der Waals surface area contributed by atoms with Crippen LogP contribution in [0.25, 0.3) is 0 Å². The van der Waals surface area contributed by atoms with Gasteiger partial charge in [0, 0.05) is 17.3 Å². The molecule has 0 saturated carbocycles. The fourth-order valence-corrected chi connectivity index (χ4v) is 2.03. The van der Waals surface area contributed by atoms with Gasteiger partial charge in [0.2, 0.25) is 0 Å². The van der Waals surface area contributed by atoms with Crippen LogP contribution in [-0.4, -0.2) is 5.11 Å². The maximum absolute atomic E-state index is 13.8. The van der Waals surface area contributed by atoms with Gasteiger partial charge in [-0.15, -0.1) is 0 Å². The second-order valence-corrected chi connectivity index (χ2v) is 4.71. The van der Waals surface area contributed by atoms with Crippen LogP contribution in [0, 0.1) is 24.1 Å². The van der Waals surface area contributed by atoms with Crippen molar-refractivity contribution >= 4 is 5.69 Å². The van der Waals surface area contributed by atoms with Crippen molar-refractivity contribution in [2.45, 2.75) is 19.9 Å². The molecular weight excluding hydrogens is 255 g/mol. The number of rotatable bonds is 3. The van der Waals surface area contributed by atoms with Gasteiger partial charge < -0.3 is 10.4 Å². The standard InChI is InChI=1S/C16H15FN2O/c1-10-3-4-12(9-18)7-16(10)19-11(2)14-6-5-13(20)8-15(14)17/h3-8,11,19-20H,1-2H3. The number of nitriles is 1. The molecule has 2 N–H and O–H groups in total. The Kier molecular flexibility index (Phi) is 3.90. The third-order valence-corrected chi connectivity index (χ3v) is 3.19. The molecule has 1 atom stereocenters. The molecule has 20 heavy (non-hydrogen) atoms. The number of anilines is 1. The quantitative estimate of drug-likeness (QED) is 0.889. The first-order chi connectivity index (χ1) is 9.51. The number of hydrogen-bond donors (Lipinski definition) is 2. The van der Waals surface area contributed by atoms with Crippen molar-refractivity contribution in [3.63, 3.8) is 0 Å². The summed E-state index contributed by atoms with van der Waals surface area (Å²) in [6, 6.07) is 11.2. The molecule has 3 nitrogen and oxygen atoms in total. The normalized spacial score (nSPS) is 11.7. The van der Waals surface area contributed by atoms with E-state index < -0.39 is 5.82 Å². The van der Waals surface area contributed by atoms with E-state index in [4.69, 9.17) is 5.26 Å². The van der Waals surface area contributed by atoms with Gasteiger partial charge in [0.15, 0.2) is 0 Å². The summed E-state index contributed by atoms with van der Waals surface area (Å²) < 4.78 is 13.8. The number of halogens is 1. The number of nitrogens with one attached hydrogen (secondary N) is 1. The Hall–Kier alpha value is -2.54. The predicted molar refractivity (Wildman–Crippen MR) is 76.0 cm³/mol. The molecule has 0 fully saturated rings. The minimum atomic E-state index is -0.459. The predicted octanol–water partition coefficient (Wildman–Crippen LogP) is 3.88. The smallest absolute Gasteiger partial charge is 0.132 e. The summed E-state index contributed by atoms with van der Waals surface area (Å²) in [5, 5.41) is 21.3. The summed E-state index contributed by atoms with van der Waals surface area (Å²) in [4.78, 5) is 0. The molecule has 4 heteroatoms. The highest BCUT2D eigenvalue weighted by molar-refractivity contribution is 5.56. The molecule has 102 valence electrons. The van der Waals surface area contributed by atoms with Gasteiger partial charge in [-0.05, 0) is 37.6 Å². The summed E-state index contributed by atoms with van der Waals surface area (Å²) in [5.41, 5.74) is 2.79. The molecule has 2 rings (SSSR count). The number of aromatic hydroxyl groups is 1. The molecule has 0 aliphatic carbocycles. The van der Waals surface area contributed by atoms with E-state index in [1.165, 1.54) is 6.07 Å². The van der Waals surface area contributed by atoms with Crippen LogP contribution in [0.4, 0.5) is 10.1 Å². The van der Waals surface area contributed by atoms with Crippen LogP contribution in [0.5, 0.6) is 5.75 Å². The monoisotopic (exact) mass is 270 g/mol. The Morgan fingerprint density at radius 3 is 2.65 bits per heavy atom. The summed E-state index contributed by atoms with van der Waals surface area (Å²) in [5.74, 6) is -0.555. The zero-order chi connectivity index (χ0) is 14.7. The SMILES string of the molecule is Cc1ccc(C#N)cc1NC(C)c1ccc(O)cc1F. The molecule has 0 aliphatic rings. The van der Waals surface area contributed by atoms with Gasteiger partial charge in [0.05, 0.1) is 17.7 Å². The van der Waals surface area contributed by atoms with E-state index in [0.29, 0.717) is 11.1 Å². The van der Waals surface area contributed by atoms with E-state index in [1.54, 1.807) is 18.2 Å². The first-order valence-electron chi connectivity index (χ1n) is 6.27. The van der Waals surface area contributed by atoms with Crippen LogP contribution < -0.4 is 5.32 Å². The highest BCUT2D eigenvalue weighted by Crippen LogP contribution is 2.26. The topological polar surface area (TPSA) is 56.0 Å². The molecule has 0 aromatic heterocycles. The summed E-state index contributed by atoms with van der Waals surface area (Å²) >= 11 is 0. The van der Waals surface area contributed by atoms with Gasteiger partial charge in [-0.3, -0.25) is 0 Å². The molecule has 0 spiro atoms. The van der Waals surface area contributed by atoms with Crippen molar-refractivity contribution in [1.82, 2.24) is 0 Å². The number of nitrogens with zero attached hydrogens (tertiary/aromatic N) is 1. The fraction of sp³-hybridized carbons (Fsp3) is 0.188.